The molecule has 0 spiro atoms. The Morgan fingerprint density at radius 1 is 1.41 bits per heavy atom. The van der Waals surface area contributed by atoms with E-state index in [2.05, 4.69) is 34.0 Å². The molecule has 0 saturated heterocycles. The van der Waals surface area contributed by atoms with Crippen LogP contribution in [0, 0.1) is 0 Å². The Bertz CT molecular complexity index is 543. The fraction of sp³-hybridized carbons (Fsp3) is 0.400. The summed E-state index contributed by atoms with van der Waals surface area (Å²) >= 11 is 1.70. The third-order valence-corrected chi connectivity index (χ3v) is 4.02. The maximum atomic E-state index is 9.99. The van der Waals surface area contributed by atoms with Crippen molar-refractivity contribution in [2.24, 2.45) is 4.99 Å². The molecule has 2 rings (SSSR count). The van der Waals surface area contributed by atoms with Crippen molar-refractivity contribution in [1.82, 2.24) is 10.6 Å². The van der Waals surface area contributed by atoms with E-state index in [1.165, 1.54) is 4.88 Å². The van der Waals surface area contributed by atoms with Gasteiger partial charge in [0, 0.05) is 11.4 Å². The molecule has 2 aromatic heterocycles. The van der Waals surface area contributed by atoms with Crippen molar-refractivity contribution in [1.29, 1.82) is 0 Å². The predicted octanol–water partition coefficient (Wildman–Crippen LogP) is 3.31. The summed E-state index contributed by atoms with van der Waals surface area (Å²) in [6, 6.07) is 7.79. The van der Waals surface area contributed by atoms with Gasteiger partial charge in [-0.2, -0.15) is 0 Å². The highest BCUT2D eigenvalue weighted by atomic mass is 127. The molecule has 2 aromatic rings. The second-order valence-electron chi connectivity index (χ2n) is 4.63. The van der Waals surface area contributed by atoms with Crippen molar-refractivity contribution in [3.05, 3.63) is 46.5 Å². The second kappa shape index (κ2) is 9.86. The number of hydrogen-bond acceptors (Lipinski definition) is 4. The topological polar surface area (TPSA) is 69.8 Å². The standard InChI is InChI=1S/C15H21N3O2S.HI/c1-3-16-15(18-11(2)14-7-5-9-21-14)17-10-12(19)13-6-4-8-20-13;/h4-9,11-12,19H,3,10H2,1-2H3,(H2,16,17,18);1H. The molecule has 0 aliphatic heterocycles. The van der Waals surface area contributed by atoms with Crippen molar-refractivity contribution in [2.75, 3.05) is 13.1 Å². The van der Waals surface area contributed by atoms with Crippen LogP contribution in [0.4, 0.5) is 0 Å². The zero-order valence-corrected chi connectivity index (χ0v) is 15.8. The van der Waals surface area contributed by atoms with E-state index in [-0.39, 0.29) is 36.6 Å². The molecule has 0 radical (unpaired) electrons. The Morgan fingerprint density at radius 2 is 2.23 bits per heavy atom. The van der Waals surface area contributed by atoms with E-state index in [1.807, 2.05) is 13.0 Å². The molecule has 2 atom stereocenters. The van der Waals surface area contributed by atoms with Gasteiger partial charge >= 0.3 is 0 Å². The third-order valence-electron chi connectivity index (χ3n) is 2.96. The Morgan fingerprint density at radius 3 is 2.82 bits per heavy atom. The van der Waals surface area contributed by atoms with Crippen molar-refractivity contribution < 1.29 is 9.52 Å². The Hall–Kier alpha value is -1.06. The Balaban J connectivity index is 0.00000242. The first kappa shape index (κ1) is 19.0. The second-order valence-corrected chi connectivity index (χ2v) is 5.61. The number of thiophene rings is 1. The monoisotopic (exact) mass is 435 g/mol. The minimum absolute atomic E-state index is 0. The third kappa shape index (κ3) is 5.62. The molecule has 3 N–H and O–H groups in total. The molecule has 0 amide bonds. The molecule has 0 aliphatic rings. The maximum Gasteiger partial charge on any atom is 0.191 e. The van der Waals surface area contributed by atoms with Gasteiger partial charge in [0.15, 0.2) is 5.96 Å². The van der Waals surface area contributed by atoms with Crippen LogP contribution in [-0.2, 0) is 0 Å². The Kier molecular flexibility index (Phi) is 8.51. The quantitative estimate of drug-likeness (QED) is 0.370. The van der Waals surface area contributed by atoms with Crippen molar-refractivity contribution in [3.8, 4) is 0 Å². The molecule has 5 nitrogen and oxygen atoms in total. The van der Waals surface area contributed by atoms with Crippen LogP contribution < -0.4 is 10.6 Å². The zero-order valence-electron chi connectivity index (χ0n) is 12.7. The average Bonchev–Trinajstić information content (AvgIpc) is 3.16. The lowest BCUT2D eigenvalue weighted by Gasteiger charge is -2.17. The molecule has 0 aliphatic carbocycles. The molecule has 2 heterocycles. The van der Waals surface area contributed by atoms with E-state index in [9.17, 15) is 5.11 Å². The van der Waals surface area contributed by atoms with Gasteiger partial charge in [0.05, 0.1) is 18.8 Å². The van der Waals surface area contributed by atoms with E-state index in [1.54, 1.807) is 29.7 Å². The summed E-state index contributed by atoms with van der Waals surface area (Å²) in [5.41, 5.74) is 0. The number of guanidine groups is 1. The van der Waals surface area contributed by atoms with Crippen molar-refractivity contribution >= 4 is 41.3 Å². The van der Waals surface area contributed by atoms with Gasteiger partial charge in [-0.1, -0.05) is 6.07 Å². The van der Waals surface area contributed by atoms with Crippen molar-refractivity contribution in [3.63, 3.8) is 0 Å². The fourth-order valence-electron chi connectivity index (χ4n) is 1.88. The summed E-state index contributed by atoms with van der Waals surface area (Å²) in [7, 11) is 0. The number of furan rings is 1. The molecule has 0 aromatic carbocycles. The molecule has 0 saturated carbocycles. The van der Waals surface area contributed by atoms with Crippen LogP contribution in [0.25, 0.3) is 0 Å². The summed E-state index contributed by atoms with van der Waals surface area (Å²) in [6.45, 7) is 5.11. The van der Waals surface area contributed by atoms with Gasteiger partial charge in [-0.05, 0) is 37.4 Å². The largest absolute Gasteiger partial charge is 0.467 e. The summed E-state index contributed by atoms with van der Waals surface area (Å²) in [6.07, 6.45) is 0.817. The summed E-state index contributed by atoms with van der Waals surface area (Å²) in [4.78, 5) is 5.65. The summed E-state index contributed by atoms with van der Waals surface area (Å²) < 4.78 is 5.17. The SMILES string of the molecule is CCNC(=NCC(O)c1ccco1)NC(C)c1cccs1.I. The highest BCUT2D eigenvalue weighted by molar-refractivity contribution is 14.0. The maximum absolute atomic E-state index is 9.99. The van der Waals surface area contributed by atoms with Gasteiger partial charge in [0.2, 0.25) is 0 Å². The van der Waals surface area contributed by atoms with Gasteiger partial charge in [0.25, 0.3) is 0 Å². The van der Waals surface area contributed by atoms with Crippen LogP contribution in [-0.4, -0.2) is 24.2 Å². The van der Waals surface area contributed by atoms with Gasteiger partial charge in [-0.3, -0.25) is 4.99 Å². The molecular formula is C15H22IN3O2S. The van der Waals surface area contributed by atoms with Crippen LogP contribution >= 0.6 is 35.3 Å². The highest BCUT2D eigenvalue weighted by Gasteiger charge is 2.12. The number of hydrogen-bond donors (Lipinski definition) is 3. The fourth-order valence-corrected chi connectivity index (χ4v) is 2.62. The number of nitrogens with zero attached hydrogens (tertiary/aromatic N) is 1. The minimum Gasteiger partial charge on any atom is -0.467 e. The summed E-state index contributed by atoms with van der Waals surface area (Å²) in [5, 5.41) is 18.6. The van der Waals surface area contributed by atoms with Crippen LogP contribution in [0.15, 0.2) is 45.3 Å². The predicted molar refractivity (Wildman–Crippen MR) is 101 cm³/mol. The number of rotatable bonds is 6. The lowest BCUT2D eigenvalue weighted by Crippen LogP contribution is -2.38. The van der Waals surface area contributed by atoms with Gasteiger partial charge < -0.3 is 20.2 Å². The van der Waals surface area contributed by atoms with E-state index < -0.39 is 6.10 Å². The zero-order chi connectivity index (χ0) is 15.1. The van der Waals surface area contributed by atoms with Crippen LogP contribution in [0.3, 0.4) is 0 Å². The van der Waals surface area contributed by atoms with Crippen molar-refractivity contribution in [2.45, 2.75) is 26.0 Å². The first-order valence-corrected chi connectivity index (χ1v) is 7.88. The average molecular weight is 435 g/mol. The number of aliphatic imine (C=N–C) groups is 1. The Labute approximate surface area is 151 Å². The van der Waals surface area contributed by atoms with E-state index in [0.717, 1.165) is 6.54 Å². The molecule has 2 unspecified atom stereocenters. The van der Waals surface area contributed by atoms with E-state index >= 15 is 0 Å². The number of halogens is 1. The summed E-state index contributed by atoms with van der Waals surface area (Å²) in [5.74, 6) is 1.21. The first-order valence-electron chi connectivity index (χ1n) is 7.00. The molecular weight excluding hydrogens is 413 g/mol. The highest BCUT2D eigenvalue weighted by Crippen LogP contribution is 2.18. The van der Waals surface area contributed by atoms with Gasteiger partial charge in [0.1, 0.15) is 11.9 Å². The molecule has 7 heteroatoms. The van der Waals surface area contributed by atoms with Crippen LogP contribution in [0.5, 0.6) is 0 Å². The smallest absolute Gasteiger partial charge is 0.191 e. The first-order chi connectivity index (χ1) is 10.2. The van der Waals surface area contributed by atoms with Gasteiger partial charge in [-0.15, -0.1) is 35.3 Å². The number of nitrogens with one attached hydrogen (secondary N) is 2. The molecule has 0 fully saturated rings. The number of aliphatic hydroxyl groups excluding tert-OH is 1. The molecule has 22 heavy (non-hydrogen) atoms. The lowest BCUT2D eigenvalue weighted by molar-refractivity contribution is 0.158. The van der Waals surface area contributed by atoms with E-state index in [4.69, 9.17) is 4.42 Å². The van der Waals surface area contributed by atoms with E-state index in [0.29, 0.717) is 11.7 Å². The van der Waals surface area contributed by atoms with Gasteiger partial charge in [-0.25, -0.2) is 0 Å². The minimum atomic E-state index is -0.729. The number of aliphatic hydroxyl groups is 1. The van der Waals surface area contributed by atoms with Crippen LogP contribution in [0.1, 0.15) is 36.6 Å². The lowest BCUT2D eigenvalue weighted by atomic mass is 10.3. The van der Waals surface area contributed by atoms with Crippen LogP contribution in [0.2, 0.25) is 0 Å². The molecule has 122 valence electrons. The molecule has 0 bridgehead atoms. The normalized spacial score (nSPS) is 14.0.